The second-order valence-corrected chi connectivity index (χ2v) is 11.9. The number of pyridine rings is 1. The van der Waals surface area contributed by atoms with E-state index in [-0.39, 0.29) is 17.5 Å². The minimum absolute atomic E-state index is 0.0658. The lowest BCUT2D eigenvalue weighted by molar-refractivity contribution is -0.137. The van der Waals surface area contributed by atoms with Crippen LogP contribution in [-0.2, 0) is 29.3 Å². The van der Waals surface area contributed by atoms with E-state index < -0.39 is 44.1 Å². The molecule has 0 amide bonds. The lowest BCUT2D eigenvalue weighted by atomic mass is 9.90. The molecule has 0 radical (unpaired) electrons. The number of nitrogens with zero attached hydrogens (tertiary/aromatic N) is 1. The zero-order chi connectivity index (χ0) is 25.8. The van der Waals surface area contributed by atoms with Crippen LogP contribution in [-0.4, -0.2) is 23.2 Å². The lowest BCUT2D eigenvalue weighted by Crippen LogP contribution is -2.26. The van der Waals surface area contributed by atoms with Gasteiger partial charge in [-0.2, -0.15) is 13.2 Å². The molecule has 6 nitrogen and oxygen atoms in total. The topological polar surface area (TPSA) is 84.0 Å². The first-order valence-electron chi connectivity index (χ1n) is 11.3. The summed E-state index contributed by atoms with van der Waals surface area (Å²) in [5.41, 5.74) is -2.21. The van der Waals surface area contributed by atoms with Gasteiger partial charge in [-0.3, -0.25) is 4.79 Å². The Balaban J connectivity index is 1.88. The van der Waals surface area contributed by atoms with E-state index in [1.807, 2.05) is 20.8 Å². The van der Waals surface area contributed by atoms with Crippen molar-refractivity contribution in [2.75, 3.05) is 0 Å². The molecule has 0 saturated heterocycles. The fourth-order valence-electron chi connectivity index (χ4n) is 4.02. The molecule has 0 unspecified atom stereocenters. The summed E-state index contributed by atoms with van der Waals surface area (Å²) < 4.78 is 85.2. The van der Waals surface area contributed by atoms with E-state index in [9.17, 15) is 26.4 Å². The molecule has 1 aromatic carbocycles. The average Bonchev–Trinajstić information content (AvgIpc) is 3.57. The SMILES string of the molecule is CCC(C)(C)Cn1cc(CNS(=O)(=O)C2CC2)c2cc(F)c(-c3[nH]c(=O)ccc3C(F)(F)F)cc21. The van der Waals surface area contributed by atoms with Gasteiger partial charge in [0, 0.05) is 41.8 Å². The minimum Gasteiger partial charge on any atom is -0.347 e. The van der Waals surface area contributed by atoms with E-state index in [4.69, 9.17) is 0 Å². The van der Waals surface area contributed by atoms with E-state index in [0.29, 0.717) is 41.9 Å². The van der Waals surface area contributed by atoms with Gasteiger partial charge in [0.1, 0.15) is 5.82 Å². The number of hydrogen-bond donors (Lipinski definition) is 2. The molecule has 1 aliphatic rings. The standard InChI is InChI=1S/C24H27F4N3O3S/c1-4-23(2,3)13-31-12-14(11-29-35(33,34)15-5-6-15)16-9-19(25)17(10-20(16)31)22-18(24(26,27)28)7-8-21(32)30-22/h7-10,12,15,29H,4-6,11,13H2,1-3H3,(H,30,32). The van der Waals surface area contributed by atoms with Crippen LogP contribution in [0.4, 0.5) is 17.6 Å². The fourth-order valence-corrected chi connectivity index (χ4v) is 5.37. The van der Waals surface area contributed by atoms with Gasteiger partial charge in [-0.15, -0.1) is 0 Å². The summed E-state index contributed by atoms with van der Waals surface area (Å²) in [6.45, 7) is 6.46. The Morgan fingerprint density at radius 3 is 2.46 bits per heavy atom. The molecule has 1 aliphatic carbocycles. The van der Waals surface area contributed by atoms with Crippen LogP contribution >= 0.6 is 0 Å². The molecule has 3 aromatic rings. The molecule has 0 aliphatic heterocycles. The molecule has 2 aromatic heterocycles. The second-order valence-electron chi connectivity index (χ2n) is 9.82. The van der Waals surface area contributed by atoms with Crippen LogP contribution in [0.25, 0.3) is 22.2 Å². The molecule has 2 heterocycles. The first-order valence-corrected chi connectivity index (χ1v) is 12.9. The molecule has 0 bridgehead atoms. The van der Waals surface area contributed by atoms with Gasteiger partial charge in [0.15, 0.2) is 0 Å². The summed E-state index contributed by atoms with van der Waals surface area (Å²) in [5.74, 6) is -0.955. The Bertz CT molecular complexity index is 1430. The highest BCUT2D eigenvalue weighted by Gasteiger charge is 2.36. The van der Waals surface area contributed by atoms with Crippen LogP contribution in [0.3, 0.4) is 0 Å². The third-order valence-electron chi connectivity index (χ3n) is 6.53. The van der Waals surface area contributed by atoms with Gasteiger partial charge >= 0.3 is 6.18 Å². The van der Waals surface area contributed by atoms with Crippen LogP contribution in [0, 0.1) is 11.2 Å². The summed E-state index contributed by atoms with van der Waals surface area (Å²) >= 11 is 0. The third-order valence-corrected chi connectivity index (χ3v) is 8.42. The molecule has 11 heteroatoms. The highest BCUT2D eigenvalue weighted by Crippen LogP contribution is 2.38. The van der Waals surface area contributed by atoms with Gasteiger partial charge in [-0.25, -0.2) is 17.5 Å². The number of fused-ring (bicyclic) bond motifs is 1. The van der Waals surface area contributed by atoms with Crippen molar-refractivity contribution in [1.82, 2.24) is 14.3 Å². The molecular weight excluding hydrogens is 486 g/mol. The monoisotopic (exact) mass is 513 g/mol. The molecular formula is C24H27F4N3O3S. The summed E-state index contributed by atoms with van der Waals surface area (Å²) in [6.07, 6.45) is -1.11. The van der Waals surface area contributed by atoms with Crippen LogP contribution in [0.1, 0.15) is 51.2 Å². The number of aromatic amines is 1. The number of nitrogens with one attached hydrogen (secondary N) is 2. The van der Waals surface area contributed by atoms with Crippen molar-refractivity contribution < 1.29 is 26.0 Å². The molecule has 0 atom stereocenters. The number of aromatic nitrogens is 2. The van der Waals surface area contributed by atoms with Crippen molar-refractivity contribution in [3.8, 4) is 11.3 Å². The van der Waals surface area contributed by atoms with Crippen molar-refractivity contribution in [3.05, 3.63) is 57.8 Å². The van der Waals surface area contributed by atoms with E-state index in [2.05, 4.69) is 9.71 Å². The predicted molar refractivity (Wildman–Crippen MR) is 126 cm³/mol. The van der Waals surface area contributed by atoms with Gasteiger partial charge in [0.05, 0.1) is 16.5 Å². The van der Waals surface area contributed by atoms with Crippen molar-refractivity contribution in [1.29, 1.82) is 0 Å². The Hall–Kier alpha value is -2.66. The molecule has 0 spiro atoms. The van der Waals surface area contributed by atoms with E-state index in [1.165, 1.54) is 6.07 Å². The summed E-state index contributed by atoms with van der Waals surface area (Å²) in [5, 5.41) is -0.0302. The molecule has 35 heavy (non-hydrogen) atoms. The first kappa shape index (κ1) is 25.4. The quantitative estimate of drug-likeness (QED) is 0.408. The molecule has 1 fully saturated rings. The van der Waals surface area contributed by atoms with E-state index in [1.54, 1.807) is 10.8 Å². The maximum absolute atomic E-state index is 15.3. The van der Waals surface area contributed by atoms with Crippen LogP contribution in [0.15, 0.2) is 35.3 Å². The zero-order valence-corrected chi connectivity index (χ0v) is 20.4. The lowest BCUT2D eigenvalue weighted by Gasteiger charge is -2.24. The molecule has 2 N–H and O–H groups in total. The fraction of sp³-hybridized carbons (Fsp3) is 0.458. The van der Waals surface area contributed by atoms with Crippen molar-refractivity contribution in [2.45, 2.75) is 64.5 Å². The average molecular weight is 514 g/mol. The predicted octanol–water partition coefficient (Wildman–Crippen LogP) is 5.17. The smallest absolute Gasteiger partial charge is 0.347 e. The number of alkyl halides is 3. The maximum Gasteiger partial charge on any atom is 0.418 e. The van der Waals surface area contributed by atoms with Crippen molar-refractivity contribution >= 4 is 20.9 Å². The number of rotatable bonds is 8. The number of H-pyrrole nitrogens is 1. The summed E-state index contributed by atoms with van der Waals surface area (Å²) in [6, 6.07) is 3.77. The number of benzene rings is 1. The molecule has 190 valence electrons. The Morgan fingerprint density at radius 2 is 1.86 bits per heavy atom. The van der Waals surface area contributed by atoms with E-state index in [0.717, 1.165) is 18.6 Å². The van der Waals surface area contributed by atoms with E-state index >= 15 is 4.39 Å². The largest absolute Gasteiger partial charge is 0.418 e. The third kappa shape index (κ3) is 5.30. The number of hydrogen-bond acceptors (Lipinski definition) is 3. The molecule has 1 saturated carbocycles. The normalized spacial score (nSPS) is 15.2. The van der Waals surface area contributed by atoms with Crippen LogP contribution < -0.4 is 10.3 Å². The summed E-state index contributed by atoms with van der Waals surface area (Å²) in [7, 11) is -3.49. The Morgan fingerprint density at radius 1 is 1.17 bits per heavy atom. The maximum atomic E-state index is 15.3. The second kappa shape index (κ2) is 8.77. The minimum atomic E-state index is -4.81. The van der Waals surface area contributed by atoms with Gasteiger partial charge in [-0.1, -0.05) is 20.8 Å². The molecule has 4 rings (SSSR count). The highest BCUT2D eigenvalue weighted by atomic mass is 32.2. The van der Waals surface area contributed by atoms with Gasteiger partial charge in [0.2, 0.25) is 15.6 Å². The van der Waals surface area contributed by atoms with Crippen molar-refractivity contribution in [2.24, 2.45) is 5.41 Å². The van der Waals surface area contributed by atoms with Gasteiger partial charge in [0.25, 0.3) is 0 Å². The Labute approximate surface area is 200 Å². The van der Waals surface area contributed by atoms with Crippen LogP contribution in [0.2, 0.25) is 0 Å². The van der Waals surface area contributed by atoms with Gasteiger partial charge < -0.3 is 9.55 Å². The van der Waals surface area contributed by atoms with Gasteiger partial charge in [-0.05, 0) is 48.4 Å². The number of halogens is 4. The Kier molecular flexibility index (Phi) is 6.38. The summed E-state index contributed by atoms with van der Waals surface area (Å²) in [4.78, 5) is 14.0. The first-order chi connectivity index (χ1) is 16.2. The zero-order valence-electron chi connectivity index (χ0n) is 19.6. The van der Waals surface area contributed by atoms with Crippen molar-refractivity contribution in [3.63, 3.8) is 0 Å². The van der Waals surface area contributed by atoms with Crippen LogP contribution in [0.5, 0.6) is 0 Å². The highest BCUT2D eigenvalue weighted by molar-refractivity contribution is 7.90. The number of sulfonamides is 1.